The largest absolute Gasteiger partial charge is 0.417 e. The average Bonchev–Trinajstić information content (AvgIpc) is 3.51. The maximum Gasteiger partial charge on any atom is 0.417 e. The number of aromatic amines is 1. The Balaban J connectivity index is 1.44. The second-order valence-electron chi connectivity index (χ2n) is 7.23. The van der Waals surface area contributed by atoms with Crippen molar-refractivity contribution in [1.29, 1.82) is 0 Å². The summed E-state index contributed by atoms with van der Waals surface area (Å²) >= 11 is 13.0. The lowest BCUT2D eigenvalue weighted by atomic mass is 10.2. The number of thiazole rings is 1. The number of rotatable bonds is 6. The minimum absolute atomic E-state index is 0.00607. The SMILES string of the molecule is CC(NC(=O)c1ncnc(-c2ncc[nH]2)c1Cl)c1ncc(C(=O)Nc2ccc(C(F)(F)F)c(Cl)c2)s1. The number of imidazole rings is 1. The van der Waals surface area contributed by atoms with E-state index >= 15 is 0 Å². The highest BCUT2D eigenvalue weighted by Gasteiger charge is 2.33. The van der Waals surface area contributed by atoms with E-state index in [-0.39, 0.29) is 27.0 Å². The summed E-state index contributed by atoms with van der Waals surface area (Å²) in [7, 11) is 0. The molecule has 1 atom stereocenters. The lowest BCUT2D eigenvalue weighted by molar-refractivity contribution is -0.137. The van der Waals surface area contributed by atoms with Crippen molar-refractivity contribution in [1.82, 2.24) is 30.2 Å². The van der Waals surface area contributed by atoms with Crippen molar-refractivity contribution in [2.45, 2.75) is 19.1 Å². The van der Waals surface area contributed by atoms with Gasteiger partial charge in [-0.25, -0.2) is 19.9 Å². The van der Waals surface area contributed by atoms with Gasteiger partial charge in [-0.2, -0.15) is 13.2 Å². The predicted molar refractivity (Wildman–Crippen MR) is 127 cm³/mol. The van der Waals surface area contributed by atoms with Crippen LogP contribution in [-0.2, 0) is 6.18 Å². The number of benzene rings is 1. The van der Waals surface area contributed by atoms with Gasteiger partial charge >= 0.3 is 6.18 Å². The minimum Gasteiger partial charge on any atom is -0.343 e. The average molecular weight is 556 g/mol. The Morgan fingerprint density at radius 3 is 2.56 bits per heavy atom. The number of alkyl halides is 3. The second-order valence-corrected chi connectivity index (χ2v) is 9.07. The molecule has 0 spiro atoms. The summed E-state index contributed by atoms with van der Waals surface area (Å²) in [6, 6.07) is 2.26. The Morgan fingerprint density at radius 2 is 1.89 bits per heavy atom. The van der Waals surface area contributed by atoms with E-state index in [4.69, 9.17) is 23.2 Å². The van der Waals surface area contributed by atoms with Crippen LogP contribution in [0.5, 0.6) is 0 Å². The van der Waals surface area contributed by atoms with E-state index < -0.39 is 34.6 Å². The highest BCUT2D eigenvalue weighted by atomic mass is 35.5. The standard InChI is InChI=1S/C21H14Cl2F3N7O2S/c1-9(32-19(35)16-14(23)15(30-8-31-16)17-27-4-5-28-17)20-29-7-13(36-20)18(34)33-10-2-3-11(12(22)6-10)21(24,25)26/h2-9H,1H3,(H,27,28)(H,32,35)(H,33,34). The molecule has 0 saturated carbocycles. The molecule has 4 rings (SSSR count). The van der Waals surface area contributed by atoms with E-state index in [0.717, 1.165) is 29.5 Å². The van der Waals surface area contributed by atoms with Gasteiger partial charge in [0, 0.05) is 18.1 Å². The van der Waals surface area contributed by atoms with Crippen LogP contribution in [0.2, 0.25) is 10.0 Å². The molecule has 3 N–H and O–H groups in total. The van der Waals surface area contributed by atoms with Crippen LogP contribution in [0, 0.1) is 0 Å². The van der Waals surface area contributed by atoms with Gasteiger partial charge in [-0.15, -0.1) is 11.3 Å². The molecule has 15 heteroatoms. The van der Waals surface area contributed by atoms with E-state index in [0.29, 0.717) is 10.8 Å². The second kappa shape index (κ2) is 10.2. The predicted octanol–water partition coefficient (Wildman–Crippen LogP) is 5.39. The molecule has 186 valence electrons. The van der Waals surface area contributed by atoms with Crippen LogP contribution in [0.25, 0.3) is 11.5 Å². The third-order valence-corrected chi connectivity index (χ3v) is 6.57. The van der Waals surface area contributed by atoms with Crippen molar-refractivity contribution in [2.24, 2.45) is 0 Å². The van der Waals surface area contributed by atoms with E-state index in [9.17, 15) is 22.8 Å². The zero-order chi connectivity index (χ0) is 26.0. The quantitative estimate of drug-likeness (QED) is 0.293. The van der Waals surface area contributed by atoms with Crippen LogP contribution >= 0.6 is 34.5 Å². The number of amides is 2. The van der Waals surface area contributed by atoms with Crippen molar-refractivity contribution < 1.29 is 22.8 Å². The summed E-state index contributed by atoms with van der Waals surface area (Å²) < 4.78 is 38.6. The monoisotopic (exact) mass is 555 g/mol. The first-order valence-electron chi connectivity index (χ1n) is 9.99. The van der Waals surface area contributed by atoms with Crippen LogP contribution in [-0.4, -0.2) is 36.7 Å². The molecule has 0 saturated heterocycles. The van der Waals surface area contributed by atoms with Crippen LogP contribution < -0.4 is 10.6 Å². The summed E-state index contributed by atoms with van der Waals surface area (Å²) in [5, 5.41) is 5.04. The van der Waals surface area contributed by atoms with E-state index in [1.807, 2.05) is 0 Å². The summed E-state index contributed by atoms with van der Waals surface area (Å²) in [6.45, 7) is 1.65. The van der Waals surface area contributed by atoms with Gasteiger partial charge in [-0.1, -0.05) is 23.2 Å². The molecule has 0 aliphatic heterocycles. The van der Waals surface area contributed by atoms with Crippen LogP contribution in [0.15, 0.2) is 43.1 Å². The first-order chi connectivity index (χ1) is 17.0. The maximum absolute atomic E-state index is 12.9. The summed E-state index contributed by atoms with van der Waals surface area (Å²) in [5.41, 5.74) is -0.739. The smallest absolute Gasteiger partial charge is 0.343 e. The molecule has 0 bridgehead atoms. The topological polar surface area (TPSA) is 126 Å². The molecular formula is C21H14Cl2F3N7O2S. The number of carbonyl (C=O) groups excluding carboxylic acids is 2. The molecule has 3 heterocycles. The van der Waals surface area contributed by atoms with Gasteiger partial charge in [-0.3, -0.25) is 9.59 Å². The van der Waals surface area contributed by atoms with Crippen molar-refractivity contribution in [2.75, 3.05) is 5.32 Å². The fraction of sp³-hybridized carbons (Fsp3) is 0.143. The van der Waals surface area contributed by atoms with Crippen LogP contribution in [0.1, 0.15) is 43.7 Å². The van der Waals surface area contributed by atoms with Crippen molar-refractivity contribution in [3.8, 4) is 11.5 Å². The zero-order valence-corrected chi connectivity index (χ0v) is 20.4. The van der Waals surface area contributed by atoms with Crippen molar-refractivity contribution >= 4 is 52.0 Å². The number of H-pyrrole nitrogens is 1. The van der Waals surface area contributed by atoms with E-state index in [1.165, 1.54) is 18.7 Å². The Bertz CT molecular complexity index is 1430. The number of hydrogen-bond acceptors (Lipinski definition) is 7. The highest BCUT2D eigenvalue weighted by Crippen LogP contribution is 2.36. The van der Waals surface area contributed by atoms with Crippen molar-refractivity contribution in [3.63, 3.8) is 0 Å². The Hall–Kier alpha value is -3.55. The van der Waals surface area contributed by atoms with Gasteiger partial charge in [0.25, 0.3) is 11.8 Å². The van der Waals surface area contributed by atoms with E-state index in [2.05, 4.69) is 35.6 Å². The molecule has 36 heavy (non-hydrogen) atoms. The lowest BCUT2D eigenvalue weighted by Crippen LogP contribution is -2.28. The summed E-state index contributed by atoms with van der Waals surface area (Å²) in [4.78, 5) is 44.5. The van der Waals surface area contributed by atoms with Crippen LogP contribution in [0.4, 0.5) is 18.9 Å². The van der Waals surface area contributed by atoms with Gasteiger partial charge in [-0.05, 0) is 25.1 Å². The summed E-state index contributed by atoms with van der Waals surface area (Å²) in [5.74, 6) is -0.826. The van der Waals surface area contributed by atoms with Gasteiger partial charge in [0.05, 0.1) is 22.8 Å². The number of aromatic nitrogens is 5. The molecule has 1 unspecified atom stereocenters. The molecule has 2 amide bonds. The maximum atomic E-state index is 12.9. The molecule has 1 aromatic carbocycles. The fourth-order valence-corrected chi connectivity index (χ4v) is 4.40. The van der Waals surface area contributed by atoms with E-state index in [1.54, 1.807) is 13.1 Å². The van der Waals surface area contributed by atoms with Gasteiger partial charge in [0.2, 0.25) is 0 Å². The fourth-order valence-electron chi connectivity index (χ4n) is 3.02. The Kier molecular flexibility index (Phi) is 7.24. The third-order valence-electron chi connectivity index (χ3n) is 4.72. The minimum atomic E-state index is -4.61. The molecular weight excluding hydrogens is 542 g/mol. The molecule has 0 fully saturated rings. The normalized spacial score (nSPS) is 12.3. The molecule has 4 aromatic rings. The number of anilines is 1. The number of nitrogens with zero attached hydrogens (tertiary/aromatic N) is 4. The molecule has 0 aliphatic carbocycles. The van der Waals surface area contributed by atoms with Gasteiger partial charge < -0.3 is 15.6 Å². The number of nitrogens with one attached hydrogen (secondary N) is 3. The molecule has 0 aliphatic rings. The molecule has 0 radical (unpaired) electrons. The number of hydrogen-bond donors (Lipinski definition) is 3. The first kappa shape index (κ1) is 25.5. The van der Waals surface area contributed by atoms with Gasteiger partial charge in [0.15, 0.2) is 11.5 Å². The number of halogens is 5. The van der Waals surface area contributed by atoms with Gasteiger partial charge in [0.1, 0.15) is 26.9 Å². The third kappa shape index (κ3) is 5.48. The Labute approximate surface area is 215 Å². The number of carbonyl (C=O) groups is 2. The first-order valence-corrected chi connectivity index (χ1v) is 11.6. The molecule has 3 aromatic heterocycles. The summed E-state index contributed by atoms with van der Waals surface area (Å²) in [6.07, 6.45) is 0.956. The van der Waals surface area contributed by atoms with Crippen LogP contribution in [0.3, 0.4) is 0 Å². The highest BCUT2D eigenvalue weighted by molar-refractivity contribution is 7.13. The molecule has 9 nitrogen and oxygen atoms in total. The Morgan fingerprint density at radius 1 is 1.11 bits per heavy atom. The van der Waals surface area contributed by atoms with Crippen molar-refractivity contribution in [3.05, 3.63) is 74.3 Å². The lowest BCUT2D eigenvalue weighted by Gasteiger charge is -2.12. The zero-order valence-electron chi connectivity index (χ0n) is 18.0.